The van der Waals surface area contributed by atoms with Crippen LogP contribution >= 0.6 is 0 Å². The molecule has 1 heterocycles. The lowest BCUT2D eigenvalue weighted by molar-refractivity contribution is -0.387. The van der Waals surface area contributed by atoms with Crippen molar-refractivity contribution in [2.45, 2.75) is 0 Å². The Balaban J connectivity index is 2.52. The fourth-order valence-corrected chi connectivity index (χ4v) is 1.40. The van der Waals surface area contributed by atoms with Gasteiger partial charge in [-0.1, -0.05) is 0 Å². The molecule has 2 rings (SSSR count). The molecule has 1 aromatic heterocycles. The second kappa shape index (κ2) is 5.32. The van der Waals surface area contributed by atoms with Crippen LogP contribution in [0, 0.1) is 26.0 Å². The van der Waals surface area contributed by atoms with E-state index in [-0.39, 0.29) is 5.95 Å². The van der Waals surface area contributed by atoms with E-state index in [2.05, 4.69) is 9.97 Å². The number of nitro groups is 2. The van der Waals surface area contributed by atoms with Crippen molar-refractivity contribution in [1.82, 2.24) is 9.97 Å². The Morgan fingerprint density at radius 2 is 1.86 bits per heavy atom. The molecule has 0 bridgehead atoms. The molecule has 0 aliphatic carbocycles. The van der Waals surface area contributed by atoms with Gasteiger partial charge in [0, 0.05) is 12.1 Å². The maximum absolute atomic E-state index is 13.2. The predicted molar refractivity (Wildman–Crippen MR) is 66.2 cm³/mol. The molecule has 0 saturated heterocycles. The standard InChI is InChI=1S/C10H6FN5O5/c11-5-1-2-6(15(17)18)8(3-5)21-9-7(16(19)20)4-13-10(12)14-9/h1-4H,(H2,12,13,14). The number of ether oxygens (including phenoxy) is 1. The van der Waals surface area contributed by atoms with Crippen molar-refractivity contribution in [1.29, 1.82) is 0 Å². The average molecular weight is 295 g/mol. The zero-order valence-corrected chi connectivity index (χ0v) is 10.1. The van der Waals surface area contributed by atoms with E-state index in [9.17, 15) is 24.6 Å². The molecule has 0 aliphatic rings. The van der Waals surface area contributed by atoms with Crippen molar-refractivity contribution in [3.63, 3.8) is 0 Å². The van der Waals surface area contributed by atoms with Gasteiger partial charge in [-0.15, -0.1) is 0 Å². The molecule has 10 nitrogen and oxygen atoms in total. The molecule has 108 valence electrons. The summed E-state index contributed by atoms with van der Waals surface area (Å²) in [4.78, 5) is 26.8. The third-order valence-electron chi connectivity index (χ3n) is 2.28. The molecule has 11 heteroatoms. The maximum Gasteiger partial charge on any atom is 0.349 e. The first-order chi connectivity index (χ1) is 9.88. The first kappa shape index (κ1) is 14.0. The zero-order chi connectivity index (χ0) is 15.6. The summed E-state index contributed by atoms with van der Waals surface area (Å²) in [5, 5.41) is 21.6. The Hall–Kier alpha value is -3.37. The quantitative estimate of drug-likeness (QED) is 0.663. The minimum atomic E-state index is -0.861. The van der Waals surface area contributed by atoms with Crippen LogP contribution in [0.4, 0.5) is 21.7 Å². The number of benzene rings is 1. The fraction of sp³-hybridized carbons (Fsp3) is 0. The Morgan fingerprint density at radius 1 is 1.19 bits per heavy atom. The number of nitrogens with zero attached hydrogens (tertiary/aromatic N) is 4. The highest BCUT2D eigenvalue weighted by molar-refractivity contribution is 5.51. The van der Waals surface area contributed by atoms with Crippen LogP contribution in [0.5, 0.6) is 11.6 Å². The van der Waals surface area contributed by atoms with Crippen LogP contribution in [-0.2, 0) is 0 Å². The van der Waals surface area contributed by atoms with E-state index in [4.69, 9.17) is 10.5 Å². The zero-order valence-electron chi connectivity index (χ0n) is 10.1. The summed E-state index contributed by atoms with van der Waals surface area (Å²) < 4.78 is 18.1. The van der Waals surface area contributed by atoms with Gasteiger partial charge in [-0.05, 0) is 6.07 Å². The van der Waals surface area contributed by atoms with E-state index in [1.54, 1.807) is 0 Å². The third-order valence-corrected chi connectivity index (χ3v) is 2.28. The van der Waals surface area contributed by atoms with E-state index in [1.807, 2.05) is 0 Å². The monoisotopic (exact) mass is 295 g/mol. The minimum Gasteiger partial charge on any atom is -0.426 e. The van der Waals surface area contributed by atoms with Gasteiger partial charge in [-0.2, -0.15) is 4.98 Å². The number of anilines is 1. The van der Waals surface area contributed by atoms with Crippen LogP contribution in [0.2, 0.25) is 0 Å². The summed E-state index contributed by atoms with van der Waals surface area (Å²) in [6.07, 6.45) is 0.781. The van der Waals surface area contributed by atoms with Gasteiger partial charge in [-0.25, -0.2) is 9.37 Å². The summed E-state index contributed by atoms with van der Waals surface area (Å²) in [5.74, 6) is -2.32. The number of nitro benzene ring substituents is 1. The Morgan fingerprint density at radius 3 is 2.48 bits per heavy atom. The van der Waals surface area contributed by atoms with Crippen molar-refractivity contribution in [2.75, 3.05) is 5.73 Å². The van der Waals surface area contributed by atoms with Gasteiger partial charge in [0.2, 0.25) is 11.7 Å². The van der Waals surface area contributed by atoms with Crippen LogP contribution in [0.1, 0.15) is 0 Å². The second-order valence-electron chi connectivity index (χ2n) is 3.65. The van der Waals surface area contributed by atoms with Crippen LogP contribution in [0.25, 0.3) is 0 Å². The molecule has 21 heavy (non-hydrogen) atoms. The van der Waals surface area contributed by atoms with Crippen molar-refractivity contribution in [2.24, 2.45) is 0 Å². The summed E-state index contributed by atoms with van der Waals surface area (Å²) in [6, 6.07) is 2.43. The van der Waals surface area contributed by atoms with Crippen LogP contribution in [0.3, 0.4) is 0 Å². The lowest BCUT2D eigenvalue weighted by Gasteiger charge is -2.06. The molecular formula is C10H6FN5O5. The third kappa shape index (κ3) is 2.97. The van der Waals surface area contributed by atoms with Gasteiger partial charge in [-0.3, -0.25) is 20.2 Å². The van der Waals surface area contributed by atoms with E-state index < -0.39 is 38.7 Å². The lowest BCUT2D eigenvalue weighted by atomic mass is 10.3. The molecule has 1 aromatic carbocycles. The molecule has 0 saturated carbocycles. The number of nitrogen functional groups attached to an aromatic ring is 1. The van der Waals surface area contributed by atoms with Gasteiger partial charge in [0.25, 0.3) is 0 Å². The highest BCUT2D eigenvalue weighted by atomic mass is 19.1. The van der Waals surface area contributed by atoms with Crippen LogP contribution in [-0.4, -0.2) is 19.8 Å². The van der Waals surface area contributed by atoms with Gasteiger partial charge in [0.15, 0.2) is 0 Å². The summed E-state index contributed by atoms with van der Waals surface area (Å²) in [7, 11) is 0. The minimum absolute atomic E-state index is 0.338. The number of hydrogen-bond acceptors (Lipinski definition) is 8. The van der Waals surface area contributed by atoms with E-state index >= 15 is 0 Å². The average Bonchev–Trinajstić information content (AvgIpc) is 2.38. The molecule has 0 spiro atoms. The Labute approximate surface area is 115 Å². The lowest BCUT2D eigenvalue weighted by Crippen LogP contribution is -2.02. The van der Waals surface area contributed by atoms with Crippen LogP contribution in [0.15, 0.2) is 24.4 Å². The molecule has 2 N–H and O–H groups in total. The number of rotatable bonds is 4. The molecule has 0 amide bonds. The number of hydrogen-bond donors (Lipinski definition) is 1. The molecule has 2 aromatic rings. The Bertz CT molecular complexity index is 676. The molecule has 0 unspecified atom stereocenters. The molecule has 0 atom stereocenters. The van der Waals surface area contributed by atoms with Crippen LogP contribution < -0.4 is 10.5 Å². The first-order valence-electron chi connectivity index (χ1n) is 5.27. The molecular weight excluding hydrogens is 289 g/mol. The van der Waals surface area contributed by atoms with Gasteiger partial charge < -0.3 is 10.5 Å². The normalized spacial score (nSPS) is 10.1. The maximum atomic E-state index is 13.2. The number of aromatic nitrogens is 2. The Kier molecular flexibility index (Phi) is 3.56. The highest BCUT2D eigenvalue weighted by Gasteiger charge is 2.23. The highest BCUT2D eigenvalue weighted by Crippen LogP contribution is 2.34. The number of halogens is 1. The largest absolute Gasteiger partial charge is 0.426 e. The molecule has 0 radical (unpaired) electrons. The smallest absolute Gasteiger partial charge is 0.349 e. The van der Waals surface area contributed by atoms with E-state index in [1.165, 1.54) is 0 Å². The van der Waals surface area contributed by atoms with Gasteiger partial charge >= 0.3 is 17.3 Å². The summed E-state index contributed by atoms with van der Waals surface area (Å²) >= 11 is 0. The SMILES string of the molecule is Nc1ncc([N+](=O)[O-])c(Oc2cc(F)ccc2[N+](=O)[O-])n1. The molecule has 0 fully saturated rings. The molecule has 0 aliphatic heterocycles. The van der Waals surface area contributed by atoms with Gasteiger partial charge in [0.1, 0.15) is 12.0 Å². The van der Waals surface area contributed by atoms with Crippen molar-refractivity contribution >= 4 is 17.3 Å². The van der Waals surface area contributed by atoms with E-state index in [0.717, 1.165) is 18.3 Å². The topological polar surface area (TPSA) is 147 Å². The summed E-state index contributed by atoms with van der Waals surface area (Å²) in [5.41, 5.74) is 4.03. The van der Waals surface area contributed by atoms with Gasteiger partial charge in [0.05, 0.1) is 9.85 Å². The summed E-state index contributed by atoms with van der Waals surface area (Å²) in [6.45, 7) is 0. The van der Waals surface area contributed by atoms with Crippen molar-refractivity contribution in [3.05, 3.63) is 50.4 Å². The fourth-order valence-electron chi connectivity index (χ4n) is 1.40. The van der Waals surface area contributed by atoms with Crippen molar-refractivity contribution in [3.8, 4) is 11.6 Å². The van der Waals surface area contributed by atoms with Crippen molar-refractivity contribution < 1.29 is 19.0 Å². The first-order valence-corrected chi connectivity index (χ1v) is 5.27. The second-order valence-corrected chi connectivity index (χ2v) is 3.65. The predicted octanol–water partition coefficient (Wildman–Crippen LogP) is 1.81. The number of nitrogens with two attached hydrogens (primary N) is 1. The van der Waals surface area contributed by atoms with E-state index in [0.29, 0.717) is 6.07 Å².